The fourth-order valence-corrected chi connectivity index (χ4v) is 2.34. The fourth-order valence-electron chi connectivity index (χ4n) is 2.34. The minimum atomic E-state index is -0.472. The molecule has 1 aromatic heterocycles. The maximum absolute atomic E-state index is 12.2. The third-order valence-electron chi connectivity index (χ3n) is 3.80. The van der Waals surface area contributed by atoms with Gasteiger partial charge in [0.15, 0.2) is 0 Å². The van der Waals surface area contributed by atoms with Crippen LogP contribution >= 0.6 is 0 Å². The lowest BCUT2D eigenvalue weighted by Crippen LogP contribution is -2.09. The molecular formula is C19H18N2O3. The van der Waals surface area contributed by atoms with Crippen LogP contribution in [0.4, 0.5) is 5.69 Å². The number of anilines is 1. The Balaban J connectivity index is 1.74. The van der Waals surface area contributed by atoms with Crippen LogP contribution in [0.1, 0.15) is 27.4 Å². The van der Waals surface area contributed by atoms with Gasteiger partial charge in [0, 0.05) is 11.3 Å². The number of benzene rings is 2. The van der Waals surface area contributed by atoms with Crippen LogP contribution in [0.3, 0.4) is 0 Å². The summed E-state index contributed by atoms with van der Waals surface area (Å²) in [4.78, 5) is 16.6. The molecule has 0 amide bonds. The molecule has 0 bridgehead atoms. The molecule has 2 aromatic carbocycles. The van der Waals surface area contributed by atoms with E-state index in [2.05, 4.69) is 4.98 Å². The Morgan fingerprint density at radius 2 is 1.88 bits per heavy atom. The number of nitrogens with zero attached hydrogens (tertiary/aromatic N) is 1. The first kappa shape index (κ1) is 15.8. The molecule has 0 spiro atoms. The second-order valence-electron chi connectivity index (χ2n) is 5.50. The highest BCUT2D eigenvalue weighted by Gasteiger charge is 2.16. The van der Waals surface area contributed by atoms with Crippen LogP contribution in [0.25, 0.3) is 11.5 Å². The number of nitrogens with two attached hydrogens (primary N) is 1. The van der Waals surface area contributed by atoms with Gasteiger partial charge in [-0.1, -0.05) is 30.3 Å². The zero-order valence-electron chi connectivity index (χ0n) is 13.6. The molecule has 5 nitrogen and oxygen atoms in total. The molecule has 2 N–H and O–H groups in total. The molecule has 0 atom stereocenters. The van der Waals surface area contributed by atoms with Gasteiger partial charge in [0.1, 0.15) is 18.1 Å². The fraction of sp³-hybridized carbons (Fsp3) is 0.158. The number of ether oxygens (including phenoxy) is 1. The van der Waals surface area contributed by atoms with Crippen LogP contribution in [0, 0.1) is 13.8 Å². The van der Waals surface area contributed by atoms with Crippen LogP contribution in [-0.4, -0.2) is 11.0 Å². The van der Waals surface area contributed by atoms with Crippen molar-refractivity contribution in [3.63, 3.8) is 0 Å². The summed E-state index contributed by atoms with van der Waals surface area (Å²) in [6.07, 6.45) is 0. The maximum atomic E-state index is 12.2. The summed E-state index contributed by atoms with van der Waals surface area (Å²) in [5.74, 6) is 0.660. The van der Waals surface area contributed by atoms with Crippen LogP contribution in [0.2, 0.25) is 0 Å². The Morgan fingerprint density at radius 1 is 1.12 bits per heavy atom. The number of para-hydroxylation sites is 1. The smallest absolute Gasteiger partial charge is 0.340 e. The number of carbonyl (C=O) groups excluding carboxylic acids is 1. The van der Waals surface area contributed by atoms with Gasteiger partial charge in [-0.25, -0.2) is 9.78 Å². The van der Waals surface area contributed by atoms with Crippen molar-refractivity contribution in [2.45, 2.75) is 20.5 Å². The van der Waals surface area contributed by atoms with Gasteiger partial charge in [0.05, 0.1) is 5.56 Å². The quantitative estimate of drug-likeness (QED) is 0.582. The van der Waals surface area contributed by atoms with E-state index in [0.717, 1.165) is 11.1 Å². The van der Waals surface area contributed by atoms with Gasteiger partial charge in [0.25, 0.3) is 0 Å². The topological polar surface area (TPSA) is 78.3 Å². The Morgan fingerprint density at radius 3 is 2.62 bits per heavy atom. The molecule has 0 unspecified atom stereocenters. The molecular weight excluding hydrogens is 304 g/mol. The largest absolute Gasteiger partial charge is 0.455 e. The summed E-state index contributed by atoms with van der Waals surface area (Å²) in [5.41, 5.74) is 9.03. The van der Waals surface area contributed by atoms with E-state index in [4.69, 9.17) is 14.9 Å². The van der Waals surface area contributed by atoms with Gasteiger partial charge in [-0.05, 0) is 37.6 Å². The summed E-state index contributed by atoms with van der Waals surface area (Å²) in [5, 5.41) is 0. The number of esters is 1. The van der Waals surface area contributed by atoms with E-state index in [1.54, 1.807) is 19.1 Å². The van der Waals surface area contributed by atoms with Gasteiger partial charge in [-0.15, -0.1) is 0 Å². The molecule has 5 heteroatoms. The van der Waals surface area contributed by atoms with E-state index in [-0.39, 0.29) is 6.61 Å². The predicted octanol–water partition coefficient (Wildman–Crippen LogP) is 3.90. The lowest BCUT2D eigenvalue weighted by molar-refractivity contribution is 0.0468. The zero-order chi connectivity index (χ0) is 17.1. The number of rotatable bonds is 4. The van der Waals surface area contributed by atoms with Gasteiger partial charge in [-0.3, -0.25) is 0 Å². The Bertz CT molecular complexity index is 870. The van der Waals surface area contributed by atoms with Gasteiger partial charge in [-0.2, -0.15) is 0 Å². The monoisotopic (exact) mass is 322 g/mol. The van der Waals surface area contributed by atoms with Crippen molar-refractivity contribution < 1.29 is 13.9 Å². The van der Waals surface area contributed by atoms with Gasteiger partial charge >= 0.3 is 5.97 Å². The Kier molecular flexibility index (Phi) is 4.33. The lowest BCUT2D eigenvalue weighted by atomic mass is 10.1. The standard InChI is InChI=1S/C19H18N2O3/c1-12-7-6-10-15(17(12)20)19(22)23-11-16-13(2)24-18(21-16)14-8-4-3-5-9-14/h3-10H,11,20H2,1-2H3. The minimum absolute atomic E-state index is 0.0361. The number of hydrogen-bond acceptors (Lipinski definition) is 5. The van der Waals surface area contributed by atoms with Crippen molar-refractivity contribution in [1.82, 2.24) is 4.98 Å². The normalized spacial score (nSPS) is 10.6. The summed E-state index contributed by atoms with van der Waals surface area (Å²) in [6, 6.07) is 14.8. The van der Waals surface area contributed by atoms with Crippen molar-refractivity contribution in [2.24, 2.45) is 0 Å². The van der Waals surface area contributed by atoms with Gasteiger partial charge in [0.2, 0.25) is 5.89 Å². The zero-order valence-corrected chi connectivity index (χ0v) is 13.6. The average Bonchev–Trinajstić information content (AvgIpc) is 2.97. The second kappa shape index (κ2) is 6.58. The number of hydrogen-bond donors (Lipinski definition) is 1. The molecule has 0 aliphatic heterocycles. The third kappa shape index (κ3) is 3.15. The first-order valence-corrected chi connectivity index (χ1v) is 7.60. The second-order valence-corrected chi connectivity index (χ2v) is 5.50. The molecule has 0 radical (unpaired) electrons. The van der Waals surface area contributed by atoms with Crippen molar-refractivity contribution in [1.29, 1.82) is 0 Å². The van der Waals surface area contributed by atoms with Crippen molar-refractivity contribution in [3.05, 3.63) is 71.1 Å². The molecule has 0 aliphatic carbocycles. The first-order chi connectivity index (χ1) is 11.6. The van der Waals surface area contributed by atoms with E-state index in [9.17, 15) is 4.79 Å². The average molecular weight is 322 g/mol. The predicted molar refractivity (Wildman–Crippen MR) is 91.4 cm³/mol. The summed E-state index contributed by atoms with van der Waals surface area (Å²) < 4.78 is 11.0. The molecule has 1 heterocycles. The van der Waals surface area contributed by atoms with Crippen LogP contribution < -0.4 is 5.73 Å². The molecule has 24 heavy (non-hydrogen) atoms. The number of oxazole rings is 1. The van der Waals surface area contributed by atoms with Crippen LogP contribution in [0.15, 0.2) is 52.9 Å². The Labute approximate surface area is 140 Å². The van der Waals surface area contributed by atoms with E-state index < -0.39 is 5.97 Å². The molecule has 3 rings (SSSR count). The molecule has 3 aromatic rings. The van der Waals surface area contributed by atoms with Gasteiger partial charge < -0.3 is 14.9 Å². The maximum Gasteiger partial charge on any atom is 0.340 e. The highest BCUT2D eigenvalue weighted by atomic mass is 16.5. The molecule has 122 valence electrons. The van der Waals surface area contributed by atoms with E-state index in [1.165, 1.54) is 0 Å². The SMILES string of the molecule is Cc1cccc(C(=O)OCc2nc(-c3ccccc3)oc2C)c1N. The Hall–Kier alpha value is -3.08. The number of carbonyl (C=O) groups is 1. The van der Waals surface area contributed by atoms with E-state index >= 15 is 0 Å². The number of aryl methyl sites for hydroxylation is 2. The first-order valence-electron chi connectivity index (χ1n) is 7.60. The van der Waals surface area contributed by atoms with Crippen molar-refractivity contribution >= 4 is 11.7 Å². The van der Waals surface area contributed by atoms with E-state index in [1.807, 2.05) is 43.3 Å². The highest BCUT2D eigenvalue weighted by molar-refractivity contribution is 5.95. The number of aromatic nitrogens is 1. The molecule has 0 saturated heterocycles. The number of nitrogen functional groups attached to an aromatic ring is 1. The molecule has 0 fully saturated rings. The summed E-state index contributed by atoms with van der Waals surface area (Å²) >= 11 is 0. The lowest BCUT2D eigenvalue weighted by Gasteiger charge is -2.07. The van der Waals surface area contributed by atoms with Crippen LogP contribution in [0.5, 0.6) is 0 Å². The summed E-state index contributed by atoms with van der Waals surface area (Å²) in [7, 11) is 0. The molecule has 0 saturated carbocycles. The summed E-state index contributed by atoms with van der Waals surface area (Å²) in [6.45, 7) is 3.68. The van der Waals surface area contributed by atoms with Crippen LogP contribution in [-0.2, 0) is 11.3 Å². The van der Waals surface area contributed by atoms with E-state index in [0.29, 0.717) is 28.6 Å². The van der Waals surface area contributed by atoms with Crippen molar-refractivity contribution in [3.8, 4) is 11.5 Å². The minimum Gasteiger partial charge on any atom is -0.455 e. The highest BCUT2D eigenvalue weighted by Crippen LogP contribution is 2.23. The van der Waals surface area contributed by atoms with Crippen molar-refractivity contribution in [2.75, 3.05) is 5.73 Å². The molecule has 0 aliphatic rings. The third-order valence-corrected chi connectivity index (χ3v) is 3.80.